The summed E-state index contributed by atoms with van der Waals surface area (Å²) in [4.78, 5) is 32.2. The Bertz CT molecular complexity index is 1400. The second-order valence-electron chi connectivity index (χ2n) is 7.55. The first-order valence-corrected chi connectivity index (χ1v) is 11.0. The number of methoxy groups -OCH3 is 2. The van der Waals surface area contributed by atoms with Gasteiger partial charge in [-0.25, -0.2) is 4.98 Å². The third-order valence-electron chi connectivity index (χ3n) is 5.06. The Morgan fingerprint density at radius 2 is 2.00 bits per heavy atom. The van der Waals surface area contributed by atoms with Gasteiger partial charge >= 0.3 is 0 Å². The van der Waals surface area contributed by atoms with Crippen LogP contribution in [0.1, 0.15) is 24.6 Å². The van der Waals surface area contributed by atoms with Gasteiger partial charge in [-0.2, -0.15) is 9.78 Å². The molecule has 3 aromatic heterocycles. The van der Waals surface area contributed by atoms with Gasteiger partial charge in [0.15, 0.2) is 17.3 Å². The number of nitrogens with one attached hydrogen (secondary N) is 2. The number of nitrogens with zero attached hydrogens (tertiary/aromatic N) is 3. The van der Waals surface area contributed by atoms with E-state index >= 15 is 0 Å². The van der Waals surface area contributed by atoms with Crippen LogP contribution in [0.5, 0.6) is 11.5 Å². The quantitative estimate of drug-likeness (QED) is 0.353. The lowest BCUT2D eigenvalue weighted by Gasteiger charge is -2.08. The number of amides is 1. The second-order valence-corrected chi connectivity index (χ2v) is 7.55. The van der Waals surface area contributed by atoms with Crippen molar-refractivity contribution in [1.29, 1.82) is 0 Å². The molecule has 10 heteroatoms. The SMILES string of the molecule is CCCc1cc(=O)[nH]c(-n2nc(-c3ccco3)cc2NC(=O)/C=C\c2ccc(OC)c(OC)c2)n1. The summed E-state index contributed by atoms with van der Waals surface area (Å²) >= 11 is 0. The lowest BCUT2D eigenvalue weighted by molar-refractivity contribution is -0.111. The second kappa shape index (κ2) is 10.6. The largest absolute Gasteiger partial charge is 0.493 e. The molecule has 0 fully saturated rings. The van der Waals surface area contributed by atoms with Crippen LogP contribution in [0, 0.1) is 0 Å². The van der Waals surface area contributed by atoms with Gasteiger partial charge in [0.25, 0.3) is 5.56 Å². The average Bonchev–Trinajstić information content (AvgIpc) is 3.53. The lowest BCUT2D eigenvalue weighted by atomic mass is 10.2. The first-order chi connectivity index (χ1) is 17.0. The molecule has 4 aromatic rings. The highest BCUT2D eigenvalue weighted by molar-refractivity contribution is 6.01. The van der Waals surface area contributed by atoms with Crippen molar-refractivity contribution in [3.63, 3.8) is 0 Å². The molecule has 0 aliphatic carbocycles. The van der Waals surface area contributed by atoms with E-state index in [1.165, 1.54) is 23.1 Å². The number of rotatable bonds is 9. The van der Waals surface area contributed by atoms with Crippen LogP contribution >= 0.6 is 0 Å². The molecule has 10 nitrogen and oxygen atoms in total. The highest BCUT2D eigenvalue weighted by Crippen LogP contribution is 2.28. The normalized spacial score (nSPS) is 11.1. The molecule has 1 aromatic carbocycles. The molecule has 2 N–H and O–H groups in total. The molecule has 0 spiro atoms. The minimum Gasteiger partial charge on any atom is -0.493 e. The van der Waals surface area contributed by atoms with Crippen LogP contribution in [-0.4, -0.2) is 39.9 Å². The molecule has 0 aliphatic rings. The van der Waals surface area contributed by atoms with Crippen LogP contribution in [0.3, 0.4) is 0 Å². The standard InChI is InChI=1S/C25H25N5O5/c1-4-6-17-14-24(32)28-25(26-17)30-22(15-18(29-30)19-7-5-12-35-19)27-23(31)11-9-16-8-10-20(33-2)21(13-16)34-3/h5,7-15H,4,6H2,1-3H3,(H,27,31)(H,26,28,32)/b11-9-. The number of furan rings is 1. The summed E-state index contributed by atoms with van der Waals surface area (Å²) < 4.78 is 17.4. The van der Waals surface area contributed by atoms with Gasteiger partial charge in [-0.15, -0.1) is 0 Å². The van der Waals surface area contributed by atoms with Crippen LogP contribution < -0.4 is 20.3 Å². The van der Waals surface area contributed by atoms with E-state index in [0.29, 0.717) is 40.9 Å². The highest BCUT2D eigenvalue weighted by atomic mass is 16.5. The molecule has 1 amide bonds. The Kier molecular flexibility index (Phi) is 7.10. The first-order valence-electron chi connectivity index (χ1n) is 11.0. The maximum atomic E-state index is 12.8. The van der Waals surface area contributed by atoms with Crippen LogP contribution in [0.4, 0.5) is 5.82 Å². The maximum Gasteiger partial charge on any atom is 0.252 e. The number of hydrogen-bond donors (Lipinski definition) is 2. The van der Waals surface area contributed by atoms with Crippen LogP contribution in [-0.2, 0) is 11.2 Å². The van der Waals surface area contributed by atoms with Gasteiger partial charge in [0.1, 0.15) is 11.5 Å². The van der Waals surface area contributed by atoms with Crippen molar-refractivity contribution >= 4 is 17.8 Å². The predicted molar refractivity (Wildman–Crippen MR) is 131 cm³/mol. The Morgan fingerprint density at radius 3 is 2.71 bits per heavy atom. The van der Waals surface area contributed by atoms with E-state index in [4.69, 9.17) is 13.9 Å². The van der Waals surface area contributed by atoms with Crippen molar-refractivity contribution < 1.29 is 18.7 Å². The van der Waals surface area contributed by atoms with Gasteiger partial charge in [0.2, 0.25) is 11.9 Å². The van der Waals surface area contributed by atoms with Crippen LogP contribution in [0.15, 0.2) is 64.0 Å². The van der Waals surface area contributed by atoms with Crippen molar-refractivity contribution in [1.82, 2.24) is 19.7 Å². The number of aryl methyl sites for hydroxylation is 1. The average molecular weight is 476 g/mol. The number of benzene rings is 1. The zero-order chi connectivity index (χ0) is 24.8. The molecule has 3 heterocycles. The molecule has 0 radical (unpaired) electrons. The summed E-state index contributed by atoms with van der Waals surface area (Å²) in [5.74, 6) is 1.76. The first kappa shape index (κ1) is 23.6. The van der Waals surface area contributed by atoms with Crippen molar-refractivity contribution in [3.05, 3.63) is 76.4 Å². The molecular weight excluding hydrogens is 450 g/mol. The molecule has 180 valence electrons. The Morgan fingerprint density at radius 1 is 1.17 bits per heavy atom. The van der Waals surface area contributed by atoms with Crippen molar-refractivity contribution in [2.45, 2.75) is 19.8 Å². The van der Waals surface area contributed by atoms with E-state index in [9.17, 15) is 9.59 Å². The predicted octanol–water partition coefficient (Wildman–Crippen LogP) is 3.84. The van der Waals surface area contributed by atoms with Crippen LogP contribution in [0.25, 0.3) is 23.5 Å². The zero-order valence-corrected chi connectivity index (χ0v) is 19.6. The topological polar surface area (TPSA) is 124 Å². The van der Waals surface area contributed by atoms with E-state index in [2.05, 4.69) is 20.4 Å². The van der Waals surface area contributed by atoms with Crippen molar-refractivity contribution in [2.75, 3.05) is 19.5 Å². The molecule has 0 atom stereocenters. The third-order valence-corrected chi connectivity index (χ3v) is 5.06. The monoisotopic (exact) mass is 475 g/mol. The molecule has 0 aliphatic heterocycles. The minimum absolute atomic E-state index is 0.193. The highest BCUT2D eigenvalue weighted by Gasteiger charge is 2.16. The van der Waals surface area contributed by atoms with Gasteiger partial charge in [-0.05, 0) is 42.3 Å². The molecular formula is C25H25N5O5. The molecule has 35 heavy (non-hydrogen) atoms. The Labute approximate surface area is 201 Å². The summed E-state index contributed by atoms with van der Waals surface area (Å²) in [6.07, 6.45) is 6.03. The smallest absolute Gasteiger partial charge is 0.252 e. The molecule has 4 rings (SSSR count). The summed E-state index contributed by atoms with van der Waals surface area (Å²) in [6, 6.07) is 11.9. The number of hydrogen-bond acceptors (Lipinski definition) is 7. The van der Waals surface area contributed by atoms with Gasteiger partial charge in [-0.1, -0.05) is 19.4 Å². The molecule has 0 bridgehead atoms. The lowest BCUT2D eigenvalue weighted by Crippen LogP contribution is -2.18. The van der Waals surface area contributed by atoms with Gasteiger partial charge in [-0.3, -0.25) is 14.6 Å². The summed E-state index contributed by atoms with van der Waals surface area (Å²) in [6.45, 7) is 2.00. The van der Waals surface area contributed by atoms with Crippen molar-refractivity contribution in [2.24, 2.45) is 0 Å². The van der Waals surface area contributed by atoms with E-state index in [1.54, 1.807) is 56.7 Å². The van der Waals surface area contributed by atoms with E-state index in [0.717, 1.165) is 12.0 Å². The van der Waals surface area contributed by atoms with Gasteiger partial charge in [0.05, 0.1) is 20.5 Å². The molecule has 0 saturated carbocycles. The van der Waals surface area contributed by atoms with E-state index in [1.807, 2.05) is 6.92 Å². The Balaban J connectivity index is 1.64. The number of carbonyl (C=O) groups is 1. The maximum absolute atomic E-state index is 12.8. The number of H-pyrrole nitrogens is 1. The number of anilines is 1. The fraction of sp³-hybridized carbons (Fsp3) is 0.200. The minimum atomic E-state index is -0.404. The molecule has 0 unspecified atom stereocenters. The molecule has 0 saturated heterocycles. The van der Waals surface area contributed by atoms with Gasteiger partial charge < -0.3 is 19.2 Å². The van der Waals surface area contributed by atoms with Crippen molar-refractivity contribution in [3.8, 4) is 28.9 Å². The third kappa shape index (κ3) is 5.49. The Hall–Kier alpha value is -4.60. The number of aromatic amines is 1. The number of aromatic nitrogens is 4. The number of ether oxygens (including phenoxy) is 2. The fourth-order valence-corrected chi connectivity index (χ4v) is 3.45. The van der Waals surface area contributed by atoms with Gasteiger partial charge in [0, 0.05) is 23.9 Å². The summed E-state index contributed by atoms with van der Waals surface area (Å²) in [7, 11) is 3.10. The van der Waals surface area contributed by atoms with Crippen LogP contribution in [0.2, 0.25) is 0 Å². The summed E-state index contributed by atoms with van der Waals surface area (Å²) in [5, 5.41) is 7.30. The summed E-state index contributed by atoms with van der Waals surface area (Å²) in [5.41, 5.74) is 1.55. The zero-order valence-electron chi connectivity index (χ0n) is 19.6. The van der Waals surface area contributed by atoms with E-state index in [-0.39, 0.29) is 11.5 Å². The fourth-order valence-electron chi connectivity index (χ4n) is 3.45. The number of carbonyl (C=O) groups excluding carboxylic acids is 1. The van der Waals surface area contributed by atoms with E-state index < -0.39 is 5.91 Å².